The minimum atomic E-state index is -0.106. The number of likely N-dealkylation sites (tertiary alicyclic amines) is 1. The molecule has 1 aromatic heterocycles. The maximum absolute atomic E-state index is 12.6. The van der Waals surface area contributed by atoms with Gasteiger partial charge in [-0.15, -0.1) is 0 Å². The number of benzene rings is 1. The molecule has 2 heterocycles. The van der Waals surface area contributed by atoms with Crippen LogP contribution in [0.2, 0.25) is 0 Å². The summed E-state index contributed by atoms with van der Waals surface area (Å²) < 4.78 is 11.1. The molecule has 1 saturated heterocycles. The van der Waals surface area contributed by atoms with Crippen molar-refractivity contribution in [2.45, 2.75) is 39.5 Å². The van der Waals surface area contributed by atoms with Gasteiger partial charge in [-0.3, -0.25) is 0 Å². The number of aryl methyl sites for hydroxylation is 1. The summed E-state index contributed by atoms with van der Waals surface area (Å²) in [6.07, 6.45) is 12.6. The van der Waals surface area contributed by atoms with Crippen LogP contribution in [0, 0.1) is 18.8 Å². The monoisotopic (exact) mass is 421 g/mol. The van der Waals surface area contributed by atoms with Gasteiger partial charge in [0.15, 0.2) is 5.76 Å². The Morgan fingerprint density at radius 3 is 3.03 bits per heavy atom. The van der Waals surface area contributed by atoms with E-state index in [0.29, 0.717) is 36.4 Å². The third kappa shape index (κ3) is 5.57. The zero-order valence-corrected chi connectivity index (χ0v) is 18.3. The van der Waals surface area contributed by atoms with Gasteiger partial charge in [0.2, 0.25) is 0 Å². The molecule has 31 heavy (non-hydrogen) atoms. The Bertz CT molecular complexity index is 962. The molecular formula is C25H31N3O3. The smallest absolute Gasteiger partial charge is 0.322 e. The first-order chi connectivity index (χ1) is 15.1. The summed E-state index contributed by atoms with van der Waals surface area (Å²) in [5.74, 6) is 2.45. The molecule has 2 atom stereocenters. The van der Waals surface area contributed by atoms with Gasteiger partial charge in [0.1, 0.15) is 11.4 Å². The fourth-order valence-electron chi connectivity index (χ4n) is 4.19. The van der Waals surface area contributed by atoms with Gasteiger partial charge >= 0.3 is 6.03 Å². The Balaban J connectivity index is 1.33. The van der Waals surface area contributed by atoms with Crippen molar-refractivity contribution in [3.05, 3.63) is 59.5 Å². The number of anilines is 1. The van der Waals surface area contributed by atoms with Gasteiger partial charge in [-0.25, -0.2) is 4.79 Å². The van der Waals surface area contributed by atoms with Crippen molar-refractivity contribution in [3.63, 3.8) is 0 Å². The van der Waals surface area contributed by atoms with Crippen LogP contribution in [0.3, 0.4) is 0 Å². The second kappa shape index (κ2) is 9.86. The van der Waals surface area contributed by atoms with Crippen molar-refractivity contribution in [2.24, 2.45) is 11.8 Å². The second-order valence-corrected chi connectivity index (χ2v) is 8.58. The maximum Gasteiger partial charge on any atom is 0.322 e. The molecule has 2 aromatic rings. The predicted molar refractivity (Wildman–Crippen MR) is 122 cm³/mol. The maximum atomic E-state index is 12.6. The highest BCUT2D eigenvalue weighted by Gasteiger charge is 2.25. The Morgan fingerprint density at radius 2 is 2.29 bits per heavy atom. The molecule has 1 aromatic carbocycles. The van der Waals surface area contributed by atoms with Gasteiger partial charge in [0, 0.05) is 13.1 Å². The number of hydrogen-bond acceptors (Lipinski definition) is 4. The molecule has 1 aliphatic carbocycles. The number of rotatable bonds is 5. The average Bonchev–Trinajstić information content (AvgIpc) is 3.19. The molecule has 0 radical (unpaired) electrons. The summed E-state index contributed by atoms with van der Waals surface area (Å²) in [5.41, 5.74) is 3.14. The molecule has 4 rings (SSSR count). The molecule has 1 aliphatic heterocycles. The number of amides is 2. The lowest BCUT2D eigenvalue weighted by molar-refractivity contribution is 0.197. The fraction of sp³-hybridized carbons (Fsp3) is 0.440. The summed E-state index contributed by atoms with van der Waals surface area (Å²) in [6, 6.07) is 8.21. The third-order valence-electron chi connectivity index (χ3n) is 6.15. The molecule has 164 valence electrons. The van der Waals surface area contributed by atoms with Gasteiger partial charge in [0.05, 0.1) is 12.8 Å². The van der Waals surface area contributed by atoms with Crippen molar-refractivity contribution < 1.29 is 14.1 Å². The van der Waals surface area contributed by atoms with E-state index in [4.69, 9.17) is 9.26 Å². The van der Waals surface area contributed by atoms with Crippen LogP contribution in [0.15, 0.2) is 52.7 Å². The fourth-order valence-corrected chi connectivity index (χ4v) is 4.19. The number of nitrogens with zero attached hydrogens (tertiary/aromatic N) is 2. The largest absolute Gasteiger partial charge is 0.493 e. The summed E-state index contributed by atoms with van der Waals surface area (Å²) in [5, 5.41) is 6.59. The Kier molecular flexibility index (Phi) is 6.75. The third-order valence-corrected chi connectivity index (χ3v) is 6.15. The van der Waals surface area contributed by atoms with E-state index in [1.807, 2.05) is 11.0 Å². The highest BCUT2D eigenvalue weighted by molar-refractivity contribution is 5.89. The summed E-state index contributed by atoms with van der Waals surface area (Å²) in [4.78, 5) is 14.4. The molecule has 1 fully saturated rings. The quantitative estimate of drug-likeness (QED) is 0.631. The number of allylic oxidation sites excluding steroid dienone is 2. The van der Waals surface area contributed by atoms with Crippen molar-refractivity contribution in [1.29, 1.82) is 0 Å². The van der Waals surface area contributed by atoms with Gasteiger partial charge < -0.3 is 19.5 Å². The van der Waals surface area contributed by atoms with Gasteiger partial charge in [0.25, 0.3) is 0 Å². The number of piperidine rings is 1. The first kappa shape index (κ1) is 21.2. The topological polar surface area (TPSA) is 67.6 Å². The van der Waals surface area contributed by atoms with Crippen LogP contribution in [-0.4, -0.2) is 35.8 Å². The van der Waals surface area contributed by atoms with Crippen LogP contribution >= 0.6 is 0 Å². The molecule has 0 saturated carbocycles. The lowest BCUT2D eigenvalue weighted by Gasteiger charge is -2.33. The summed E-state index contributed by atoms with van der Waals surface area (Å²) >= 11 is 0. The number of carbonyl (C=O) groups is 1. The van der Waals surface area contributed by atoms with E-state index in [1.54, 1.807) is 6.92 Å². The van der Waals surface area contributed by atoms with Crippen molar-refractivity contribution in [1.82, 2.24) is 10.1 Å². The predicted octanol–water partition coefficient (Wildman–Crippen LogP) is 5.68. The lowest BCUT2D eigenvalue weighted by Crippen LogP contribution is -2.42. The molecular weight excluding hydrogens is 390 g/mol. The number of aromatic nitrogens is 1. The Labute approximate surface area is 183 Å². The van der Waals surface area contributed by atoms with E-state index in [9.17, 15) is 4.79 Å². The van der Waals surface area contributed by atoms with E-state index >= 15 is 0 Å². The van der Waals surface area contributed by atoms with E-state index in [0.717, 1.165) is 37.2 Å². The summed E-state index contributed by atoms with van der Waals surface area (Å²) in [7, 11) is 0. The SMILES string of the molecule is Cc1oncc1NC(=O)N1CC/C(=C\c2cccc(OCC3CC=CCC3)c2)C(C)C1. The summed E-state index contributed by atoms with van der Waals surface area (Å²) in [6.45, 7) is 6.11. The minimum Gasteiger partial charge on any atom is -0.493 e. The first-order valence-corrected chi connectivity index (χ1v) is 11.1. The molecule has 1 N–H and O–H groups in total. The second-order valence-electron chi connectivity index (χ2n) is 8.58. The van der Waals surface area contributed by atoms with Crippen LogP contribution < -0.4 is 10.1 Å². The molecule has 2 unspecified atom stereocenters. The van der Waals surface area contributed by atoms with E-state index in [2.05, 4.69) is 53.8 Å². The van der Waals surface area contributed by atoms with Crippen molar-refractivity contribution in [3.8, 4) is 5.75 Å². The highest BCUT2D eigenvalue weighted by Crippen LogP contribution is 2.27. The molecule has 0 bridgehead atoms. The lowest BCUT2D eigenvalue weighted by atomic mass is 9.91. The molecule has 2 amide bonds. The first-order valence-electron chi connectivity index (χ1n) is 11.1. The minimum absolute atomic E-state index is 0.106. The Morgan fingerprint density at radius 1 is 1.39 bits per heavy atom. The zero-order chi connectivity index (χ0) is 21.6. The van der Waals surface area contributed by atoms with Gasteiger partial charge in [-0.05, 0) is 62.1 Å². The number of urea groups is 1. The van der Waals surface area contributed by atoms with Gasteiger partial charge in [-0.2, -0.15) is 0 Å². The zero-order valence-electron chi connectivity index (χ0n) is 18.3. The number of ether oxygens (including phenoxy) is 1. The standard InChI is InChI=1S/C25H31N3O3/c1-18-16-28(25(29)27-24-15-26-31-19(24)2)12-11-22(18)13-21-9-6-10-23(14-21)30-17-20-7-4-3-5-8-20/h3-4,6,9-10,13-15,18,20H,5,7-8,11-12,16-17H2,1-2H3,(H,27,29)/b22-13+. The van der Waals surface area contributed by atoms with Crippen LogP contribution in [-0.2, 0) is 0 Å². The Hall–Kier alpha value is -3.02. The van der Waals surface area contributed by atoms with Crippen LogP contribution in [0.1, 0.15) is 43.9 Å². The highest BCUT2D eigenvalue weighted by atomic mass is 16.5. The molecule has 0 spiro atoms. The molecule has 6 heteroatoms. The average molecular weight is 422 g/mol. The molecule has 2 aliphatic rings. The number of carbonyl (C=O) groups excluding carboxylic acids is 1. The molecule has 6 nitrogen and oxygen atoms in total. The van der Waals surface area contributed by atoms with Crippen LogP contribution in [0.5, 0.6) is 5.75 Å². The van der Waals surface area contributed by atoms with E-state index in [-0.39, 0.29) is 6.03 Å². The van der Waals surface area contributed by atoms with Crippen LogP contribution in [0.4, 0.5) is 10.5 Å². The number of hydrogen-bond donors (Lipinski definition) is 1. The normalized spacial score (nSPS) is 22.5. The van der Waals surface area contributed by atoms with Crippen molar-refractivity contribution >= 4 is 17.8 Å². The number of nitrogens with one attached hydrogen (secondary N) is 1. The van der Waals surface area contributed by atoms with E-state index in [1.165, 1.54) is 18.2 Å². The van der Waals surface area contributed by atoms with Gasteiger partial charge in [-0.1, -0.05) is 48.0 Å². The van der Waals surface area contributed by atoms with E-state index < -0.39 is 0 Å². The van der Waals surface area contributed by atoms with Crippen LogP contribution in [0.25, 0.3) is 6.08 Å². The van der Waals surface area contributed by atoms with Crippen molar-refractivity contribution in [2.75, 3.05) is 25.0 Å².